The maximum absolute atomic E-state index is 13.1. The van der Waals surface area contributed by atoms with Gasteiger partial charge in [0, 0.05) is 6.07 Å². The Morgan fingerprint density at radius 1 is 1.00 bits per heavy atom. The fraction of sp³-hybridized carbons (Fsp3) is 0.500. The van der Waals surface area contributed by atoms with Crippen LogP contribution in [0.1, 0.15) is 74.8 Å². The second kappa shape index (κ2) is 11.0. The molecule has 0 aromatic heterocycles. The van der Waals surface area contributed by atoms with Gasteiger partial charge >= 0.3 is 0 Å². The van der Waals surface area contributed by atoms with Crippen molar-refractivity contribution in [3.63, 3.8) is 0 Å². The van der Waals surface area contributed by atoms with E-state index >= 15 is 0 Å². The minimum atomic E-state index is -0.183. The van der Waals surface area contributed by atoms with Crippen molar-refractivity contribution in [3.8, 4) is 5.75 Å². The Kier molecular flexibility index (Phi) is 9.40. The van der Waals surface area contributed by atoms with Crippen molar-refractivity contribution in [2.75, 3.05) is 6.61 Å². The van der Waals surface area contributed by atoms with E-state index in [1.807, 2.05) is 20.8 Å². The molecule has 26 heavy (non-hydrogen) atoms. The number of fused-ring (bicyclic) bond motifs is 1. The zero-order valence-corrected chi connectivity index (χ0v) is 17.6. The minimum Gasteiger partial charge on any atom is -0.493 e. The minimum absolute atomic E-state index is 0.183. The van der Waals surface area contributed by atoms with E-state index in [1.165, 1.54) is 28.3 Å². The Morgan fingerprint density at radius 3 is 2.15 bits per heavy atom. The molecule has 0 radical (unpaired) electrons. The summed E-state index contributed by atoms with van der Waals surface area (Å²) in [6.07, 6.45) is 2.95. The first-order valence-electron chi connectivity index (χ1n) is 9.93. The Hall–Kier alpha value is -1.83. The molecule has 0 spiro atoms. The van der Waals surface area contributed by atoms with Crippen molar-refractivity contribution in [1.82, 2.24) is 0 Å². The lowest BCUT2D eigenvalue weighted by atomic mass is 9.98. The highest BCUT2D eigenvalue weighted by Gasteiger charge is 2.14. The van der Waals surface area contributed by atoms with Crippen molar-refractivity contribution in [3.05, 3.63) is 64.0 Å². The Morgan fingerprint density at radius 2 is 1.62 bits per heavy atom. The molecule has 1 aliphatic heterocycles. The first-order valence-corrected chi connectivity index (χ1v) is 9.93. The molecule has 0 saturated heterocycles. The van der Waals surface area contributed by atoms with E-state index in [0.29, 0.717) is 5.92 Å². The van der Waals surface area contributed by atoms with Crippen LogP contribution < -0.4 is 4.74 Å². The summed E-state index contributed by atoms with van der Waals surface area (Å²) in [6, 6.07) is 9.85. The van der Waals surface area contributed by atoms with Gasteiger partial charge in [0.25, 0.3) is 0 Å². The molecular formula is C24H35FO. The van der Waals surface area contributed by atoms with Gasteiger partial charge in [-0.15, -0.1) is 0 Å². The molecule has 1 nitrogen and oxygen atoms in total. The van der Waals surface area contributed by atoms with Gasteiger partial charge in [-0.2, -0.15) is 0 Å². The van der Waals surface area contributed by atoms with Crippen LogP contribution in [0.5, 0.6) is 5.75 Å². The summed E-state index contributed by atoms with van der Waals surface area (Å²) < 4.78 is 18.5. The highest BCUT2D eigenvalue weighted by molar-refractivity contribution is 5.42. The first kappa shape index (κ1) is 22.2. The SMILES string of the molecule is CC.CCc1cc(F)cc2c1CCCO2.Cc1cc(C)cc(C(C)C)c1. The lowest BCUT2D eigenvalue weighted by Gasteiger charge is -2.19. The van der Waals surface area contributed by atoms with E-state index in [2.05, 4.69) is 45.9 Å². The van der Waals surface area contributed by atoms with Gasteiger partial charge in [0.1, 0.15) is 11.6 Å². The number of halogens is 1. The molecule has 3 rings (SSSR count). The quantitative estimate of drug-likeness (QED) is 0.553. The molecule has 2 heteroatoms. The average molecular weight is 359 g/mol. The van der Waals surface area contributed by atoms with Crippen molar-refractivity contribution in [1.29, 1.82) is 0 Å². The van der Waals surface area contributed by atoms with Crippen LogP contribution in [0.3, 0.4) is 0 Å². The largest absolute Gasteiger partial charge is 0.493 e. The van der Waals surface area contributed by atoms with Gasteiger partial charge in [0.2, 0.25) is 0 Å². The number of ether oxygens (including phenoxy) is 1. The monoisotopic (exact) mass is 358 g/mol. The summed E-state index contributed by atoms with van der Waals surface area (Å²) >= 11 is 0. The van der Waals surface area contributed by atoms with Crippen LogP contribution in [-0.2, 0) is 12.8 Å². The fourth-order valence-corrected chi connectivity index (χ4v) is 3.17. The van der Waals surface area contributed by atoms with Crippen molar-refractivity contribution >= 4 is 0 Å². The second-order valence-corrected chi connectivity index (χ2v) is 6.92. The third kappa shape index (κ3) is 6.48. The van der Waals surface area contributed by atoms with Gasteiger partial charge in [0.05, 0.1) is 6.61 Å². The van der Waals surface area contributed by atoms with Crippen LogP contribution in [0, 0.1) is 19.7 Å². The van der Waals surface area contributed by atoms with E-state index in [-0.39, 0.29) is 5.82 Å². The van der Waals surface area contributed by atoms with Crippen LogP contribution in [0.15, 0.2) is 30.3 Å². The number of aryl methyl sites for hydroxylation is 3. The van der Waals surface area contributed by atoms with Crippen LogP contribution in [0.25, 0.3) is 0 Å². The van der Waals surface area contributed by atoms with Crippen LogP contribution in [-0.4, -0.2) is 6.61 Å². The third-order valence-corrected chi connectivity index (χ3v) is 4.39. The Bertz CT molecular complexity index is 651. The van der Waals surface area contributed by atoms with Crippen LogP contribution >= 0.6 is 0 Å². The maximum atomic E-state index is 13.1. The Labute approximate surface area is 159 Å². The molecule has 0 N–H and O–H groups in total. The van der Waals surface area contributed by atoms with Gasteiger partial charge in [-0.05, 0) is 61.8 Å². The maximum Gasteiger partial charge on any atom is 0.127 e. The summed E-state index contributed by atoms with van der Waals surface area (Å²) in [4.78, 5) is 0. The molecular weight excluding hydrogens is 323 g/mol. The molecule has 0 atom stereocenters. The van der Waals surface area contributed by atoms with Crippen molar-refractivity contribution in [2.45, 2.75) is 73.6 Å². The molecule has 0 amide bonds. The molecule has 144 valence electrons. The number of benzene rings is 2. The van der Waals surface area contributed by atoms with E-state index < -0.39 is 0 Å². The van der Waals surface area contributed by atoms with Crippen molar-refractivity contribution in [2.24, 2.45) is 0 Å². The molecule has 0 bridgehead atoms. The summed E-state index contributed by atoms with van der Waals surface area (Å²) in [5.74, 6) is 1.22. The molecule has 0 saturated carbocycles. The van der Waals surface area contributed by atoms with Gasteiger partial charge in [0.15, 0.2) is 0 Å². The number of hydrogen-bond donors (Lipinski definition) is 0. The third-order valence-electron chi connectivity index (χ3n) is 4.39. The number of hydrogen-bond acceptors (Lipinski definition) is 1. The molecule has 1 aliphatic rings. The highest BCUT2D eigenvalue weighted by atomic mass is 19.1. The molecule has 2 aromatic rings. The molecule has 2 aromatic carbocycles. The van der Waals surface area contributed by atoms with Gasteiger partial charge < -0.3 is 4.74 Å². The second-order valence-electron chi connectivity index (χ2n) is 6.92. The van der Waals surface area contributed by atoms with E-state index in [0.717, 1.165) is 37.2 Å². The summed E-state index contributed by atoms with van der Waals surface area (Å²) in [7, 11) is 0. The van der Waals surface area contributed by atoms with E-state index in [1.54, 1.807) is 6.07 Å². The van der Waals surface area contributed by atoms with Gasteiger partial charge in [-0.1, -0.05) is 63.9 Å². The van der Waals surface area contributed by atoms with Gasteiger partial charge in [-0.3, -0.25) is 0 Å². The normalized spacial score (nSPS) is 12.2. The van der Waals surface area contributed by atoms with E-state index in [9.17, 15) is 4.39 Å². The topological polar surface area (TPSA) is 9.23 Å². The Balaban J connectivity index is 0.000000241. The zero-order valence-electron chi connectivity index (χ0n) is 17.6. The lowest BCUT2D eigenvalue weighted by Crippen LogP contribution is -2.10. The van der Waals surface area contributed by atoms with E-state index in [4.69, 9.17) is 4.74 Å². The first-order chi connectivity index (χ1) is 12.4. The standard InChI is InChI=1S/C11H13FO.C11H16.C2H6/c1-2-8-6-9(12)7-11-10(8)4-3-5-13-11;1-8(2)11-6-9(3)5-10(4)7-11;1-2/h6-7H,2-5H2,1H3;5-8H,1-4H3;1-2H3. The molecule has 0 unspecified atom stereocenters. The number of rotatable bonds is 2. The predicted octanol–water partition coefficient (Wildman–Crippen LogP) is 7.17. The summed E-state index contributed by atoms with van der Waals surface area (Å²) in [6.45, 7) is 15.5. The van der Waals surface area contributed by atoms with Crippen molar-refractivity contribution < 1.29 is 9.13 Å². The van der Waals surface area contributed by atoms with Gasteiger partial charge in [-0.25, -0.2) is 4.39 Å². The smallest absolute Gasteiger partial charge is 0.127 e. The van der Waals surface area contributed by atoms with Crippen LogP contribution in [0.4, 0.5) is 4.39 Å². The van der Waals surface area contributed by atoms with Crippen LogP contribution in [0.2, 0.25) is 0 Å². The summed E-state index contributed by atoms with van der Waals surface area (Å²) in [5.41, 5.74) is 6.48. The predicted molar refractivity (Wildman–Crippen MR) is 111 cm³/mol. The molecule has 0 aliphatic carbocycles. The highest BCUT2D eigenvalue weighted by Crippen LogP contribution is 2.29. The molecule has 1 heterocycles. The lowest BCUT2D eigenvalue weighted by molar-refractivity contribution is 0.286. The summed E-state index contributed by atoms with van der Waals surface area (Å²) in [5, 5.41) is 0. The zero-order chi connectivity index (χ0) is 19.7. The average Bonchev–Trinajstić information content (AvgIpc) is 2.62. The fourth-order valence-electron chi connectivity index (χ4n) is 3.17. The molecule has 0 fully saturated rings.